The summed E-state index contributed by atoms with van der Waals surface area (Å²) in [6.07, 6.45) is 9.99. The number of carbonyl (C=O) groups excluding carboxylic acids is 1. The number of carbonyl (C=O) groups is 1. The van der Waals surface area contributed by atoms with E-state index < -0.39 is 0 Å². The van der Waals surface area contributed by atoms with Crippen molar-refractivity contribution in [3.63, 3.8) is 0 Å². The fourth-order valence-electron chi connectivity index (χ4n) is 5.54. The maximum Gasteiger partial charge on any atom is 0.227 e. The first-order valence-corrected chi connectivity index (χ1v) is 12.1. The standard InChI is InChI=1S/C25H30N6O2/c32-17-29-11-4-6-19(16-29)25(9-10-25)24-26-20-7-8-21(27-22(20)28-24)31-14-3-5-18(15-31)23(33)30-12-1-2-13-30/h4,6-8,11,16,18H,1-3,5,9-10,12-15,17H2,(H,26,27,28)/t18-/m1/s1. The Balaban J connectivity index is 1.25. The van der Waals surface area contributed by atoms with Crippen molar-refractivity contribution in [3.05, 3.63) is 48.0 Å². The highest BCUT2D eigenvalue weighted by Crippen LogP contribution is 2.52. The number of hydrogen-bond acceptors (Lipinski definition) is 5. The fourth-order valence-corrected chi connectivity index (χ4v) is 5.54. The molecule has 0 radical (unpaired) electrons. The van der Waals surface area contributed by atoms with Gasteiger partial charge in [-0.2, -0.15) is 0 Å². The third-order valence-corrected chi connectivity index (χ3v) is 7.61. The molecule has 3 fully saturated rings. The lowest BCUT2D eigenvalue weighted by Crippen LogP contribution is -2.44. The third kappa shape index (κ3) is 3.66. The molecule has 2 saturated heterocycles. The molecule has 0 spiro atoms. The lowest BCUT2D eigenvalue weighted by Gasteiger charge is -2.34. The number of aromatic amines is 1. The molecule has 0 unspecified atom stereocenters. The van der Waals surface area contributed by atoms with E-state index in [0.29, 0.717) is 5.91 Å². The molecule has 8 heteroatoms. The average molecular weight is 447 g/mol. The van der Waals surface area contributed by atoms with Gasteiger partial charge in [0.15, 0.2) is 18.0 Å². The number of nitrogens with zero attached hydrogens (tertiary/aromatic N) is 5. The summed E-state index contributed by atoms with van der Waals surface area (Å²) >= 11 is 0. The molecular weight excluding hydrogens is 416 g/mol. The minimum absolute atomic E-state index is 0.0598. The number of aromatic nitrogens is 4. The molecule has 172 valence electrons. The van der Waals surface area contributed by atoms with Crippen LogP contribution in [0.15, 0.2) is 36.7 Å². The van der Waals surface area contributed by atoms with Crippen molar-refractivity contribution in [3.8, 4) is 0 Å². The first-order chi connectivity index (χ1) is 16.2. The Morgan fingerprint density at radius 2 is 2.00 bits per heavy atom. The molecule has 3 aliphatic rings. The maximum atomic E-state index is 12.9. The number of rotatable bonds is 5. The van der Waals surface area contributed by atoms with E-state index >= 15 is 0 Å². The average Bonchev–Trinajstić information content (AvgIpc) is 3.28. The number of pyridine rings is 2. The second-order valence-electron chi connectivity index (χ2n) is 9.76. The monoisotopic (exact) mass is 446 g/mol. The van der Waals surface area contributed by atoms with Crippen LogP contribution >= 0.6 is 0 Å². The summed E-state index contributed by atoms with van der Waals surface area (Å²) in [4.78, 5) is 30.5. The van der Waals surface area contributed by atoms with Gasteiger partial charge in [0.25, 0.3) is 0 Å². The van der Waals surface area contributed by atoms with Crippen molar-refractivity contribution < 1.29 is 14.5 Å². The van der Waals surface area contributed by atoms with Crippen LogP contribution in [0.2, 0.25) is 0 Å². The zero-order valence-electron chi connectivity index (χ0n) is 18.9. The summed E-state index contributed by atoms with van der Waals surface area (Å²) in [6, 6.07) is 8.11. The van der Waals surface area contributed by atoms with Gasteiger partial charge in [0.05, 0.1) is 23.6 Å². The number of piperidine rings is 1. The molecule has 2 aliphatic heterocycles. The van der Waals surface area contributed by atoms with Crippen molar-refractivity contribution >= 4 is 22.9 Å². The lowest BCUT2D eigenvalue weighted by atomic mass is 9.96. The Labute approximate surface area is 193 Å². The minimum Gasteiger partial charge on any atom is -0.801 e. The van der Waals surface area contributed by atoms with Gasteiger partial charge in [-0.25, -0.2) is 14.5 Å². The zero-order valence-corrected chi connectivity index (χ0v) is 18.9. The second-order valence-corrected chi connectivity index (χ2v) is 9.76. The van der Waals surface area contributed by atoms with Crippen LogP contribution in [0, 0.1) is 5.92 Å². The van der Waals surface area contributed by atoms with Crippen LogP contribution in [0.1, 0.15) is 49.9 Å². The van der Waals surface area contributed by atoms with Crippen molar-refractivity contribution in [2.45, 2.75) is 50.7 Å². The van der Waals surface area contributed by atoms with Gasteiger partial charge in [0.2, 0.25) is 5.91 Å². The fraction of sp³-hybridized carbons (Fsp3) is 0.520. The predicted molar refractivity (Wildman–Crippen MR) is 121 cm³/mol. The van der Waals surface area contributed by atoms with Crippen molar-refractivity contribution in [1.29, 1.82) is 0 Å². The number of fused-ring (bicyclic) bond motifs is 1. The summed E-state index contributed by atoms with van der Waals surface area (Å²) in [5.74, 6) is 2.19. The molecule has 6 rings (SSSR count). The first kappa shape index (κ1) is 20.6. The Morgan fingerprint density at radius 1 is 1.15 bits per heavy atom. The van der Waals surface area contributed by atoms with E-state index in [1.54, 1.807) is 10.8 Å². The van der Waals surface area contributed by atoms with Crippen molar-refractivity contribution in [1.82, 2.24) is 19.9 Å². The van der Waals surface area contributed by atoms with Gasteiger partial charge in [0.1, 0.15) is 11.6 Å². The van der Waals surface area contributed by atoms with E-state index in [0.717, 1.165) is 93.1 Å². The number of amides is 1. The van der Waals surface area contributed by atoms with E-state index in [1.807, 2.05) is 23.2 Å². The number of H-pyrrole nitrogens is 1. The van der Waals surface area contributed by atoms with Gasteiger partial charge in [-0.05, 0) is 56.7 Å². The van der Waals surface area contributed by atoms with Gasteiger partial charge in [-0.15, -0.1) is 0 Å². The number of anilines is 1. The Kier molecular flexibility index (Phi) is 5.05. The summed E-state index contributed by atoms with van der Waals surface area (Å²) in [5, 5.41) is 11.3. The van der Waals surface area contributed by atoms with Crippen LogP contribution in [0.4, 0.5) is 5.82 Å². The van der Waals surface area contributed by atoms with Crippen LogP contribution in [-0.4, -0.2) is 51.9 Å². The van der Waals surface area contributed by atoms with Crippen LogP contribution in [0.25, 0.3) is 11.2 Å². The normalized spacial score (nSPS) is 22.2. The highest BCUT2D eigenvalue weighted by atomic mass is 16.3. The predicted octanol–water partition coefficient (Wildman–Crippen LogP) is 1.48. The molecule has 3 aromatic rings. The van der Waals surface area contributed by atoms with Crippen LogP contribution < -0.4 is 14.6 Å². The second kappa shape index (κ2) is 8.09. The molecule has 1 amide bonds. The molecule has 3 aromatic heterocycles. The first-order valence-electron chi connectivity index (χ1n) is 12.1. The molecule has 33 heavy (non-hydrogen) atoms. The van der Waals surface area contributed by atoms with Crippen LogP contribution in [-0.2, 0) is 16.9 Å². The quantitative estimate of drug-likeness (QED) is 0.600. The van der Waals surface area contributed by atoms with E-state index in [2.05, 4.69) is 22.0 Å². The number of nitrogens with one attached hydrogen (secondary N) is 1. The molecule has 8 nitrogen and oxygen atoms in total. The van der Waals surface area contributed by atoms with E-state index in [4.69, 9.17) is 9.97 Å². The number of likely N-dealkylation sites (tertiary alicyclic amines) is 1. The Morgan fingerprint density at radius 3 is 2.79 bits per heavy atom. The third-order valence-electron chi connectivity index (χ3n) is 7.61. The lowest BCUT2D eigenvalue weighted by molar-refractivity contribution is -0.815. The van der Waals surface area contributed by atoms with E-state index in [9.17, 15) is 9.90 Å². The Bertz CT molecular complexity index is 1180. The smallest absolute Gasteiger partial charge is 0.227 e. The molecule has 1 saturated carbocycles. The number of hydrogen-bond donors (Lipinski definition) is 1. The van der Waals surface area contributed by atoms with Gasteiger partial charge >= 0.3 is 0 Å². The minimum atomic E-state index is -0.286. The van der Waals surface area contributed by atoms with Crippen LogP contribution in [0.5, 0.6) is 0 Å². The van der Waals surface area contributed by atoms with E-state index in [1.165, 1.54) is 0 Å². The van der Waals surface area contributed by atoms with Crippen LogP contribution in [0.3, 0.4) is 0 Å². The van der Waals surface area contributed by atoms with Gasteiger partial charge in [-0.1, -0.05) is 0 Å². The summed E-state index contributed by atoms with van der Waals surface area (Å²) in [7, 11) is 0. The summed E-state index contributed by atoms with van der Waals surface area (Å²) in [5.41, 5.74) is 2.61. The summed E-state index contributed by atoms with van der Waals surface area (Å²) < 4.78 is 1.67. The molecule has 1 atom stereocenters. The number of imidazole rings is 1. The topological polar surface area (TPSA) is 92.1 Å². The van der Waals surface area contributed by atoms with Crippen molar-refractivity contribution in [2.24, 2.45) is 5.92 Å². The van der Waals surface area contributed by atoms with Crippen molar-refractivity contribution in [2.75, 3.05) is 31.1 Å². The molecule has 0 aromatic carbocycles. The van der Waals surface area contributed by atoms with Gasteiger partial charge in [-0.3, -0.25) is 4.79 Å². The SMILES string of the molecule is O=C([C@@H]1CCCN(c2ccc3[nH]c(C4(c5ccc[n+](C[O-])c5)CC4)nc3n2)C1)N1CCCC1. The molecule has 5 heterocycles. The van der Waals surface area contributed by atoms with Gasteiger partial charge < -0.3 is 19.9 Å². The largest absolute Gasteiger partial charge is 0.801 e. The molecular formula is C25H30N6O2. The molecule has 1 N–H and O–H groups in total. The Hall–Kier alpha value is -3.00. The van der Waals surface area contributed by atoms with Gasteiger partial charge in [0, 0.05) is 37.8 Å². The molecule has 0 bridgehead atoms. The summed E-state index contributed by atoms with van der Waals surface area (Å²) in [6.45, 7) is 3.18. The molecule has 1 aliphatic carbocycles. The zero-order chi connectivity index (χ0) is 22.4. The highest BCUT2D eigenvalue weighted by molar-refractivity contribution is 5.80. The van der Waals surface area contributed by atoms with E-state index in [-0.39, 0.29) is 18.1 Å². The highest BCUT2D eigenvalue weighted by Gasteiger charge is 2.50. The maximum absolute atomic E-state index is 12.9.